The van der Waals surface area contributed by atoms with Crippen molar-refractivity contribution in [2.24, 2.45) is 4.99 Å². The minimum absolute atomic E-state index is 0.670. The maximum atomic E-state index is 4.36. The van der Waals surface area contributed by atoms with Crippen molar-refractivity contribution in [3.8, 4) is 0 Å². The molecule has 9 heavy (non-hydrogen) atoms. The standard InChI is InChI=1S/C8H15N/c1-2-9-8-6-4-3-5-7-8/h2,8H,3-7H2,1H3. The summed E-state index contributed by atoms with van der Waals surface area (Å²) in [6.07, 6.45) is 8.80. The van der Waals surface area contributed by atoms with Crippen LogP contribution in [-0.2, 0) is 0 Å². The molecule has 0 unspecified atom stereocenters. The van der Waals surface area contributed by atoms with Crippen LogP contribution in [0.15, 0.2) is 4.99 Å². The van der Waals surface area contributed by atoms with Gasteiger partial charge in [0, 0.05) is 6.04 Å². The molecular weight excluding hydrogens is 110 g/mol. The van der Waals surface area contributed by atoms with E-state index in [4.69, 9.17) is 0 Å². The first kappa shape index (κ1) is 6.79. The molecule has 0 heterocycles. The predicted octanol–water partition coefficient (Wildman–Crippen LogP) is 2.41. The van der Waals surface area contributed by atoms with E-state index in [1.165, 1.54) is 32.1 Å². The molecular formula is C8H15N. The molecule has 0 aromatic heterocycles. The minimum atomic E-state index is 0.670. The number of hydrogen-bond acceptors (Lipinski definition) is 1. The highest BCUT2D eigenvalue weighted by molar-refractivity contribution is 5.53. The molecule has 0 aromatic carbocycles. The van der Waals surface area contributed by atoms with Gasteiger partial charge in [-0.25, -0.2) is 0 Å². The molecule has 1 aliphatic carbocycles. The molecule has 1 nitrogen and oxygen atoms in total. The Balaban J connectivity index is 2.23. The van der Waals surface area contributed by atoms with Crippen molar-refractivity contribution in [3.05, 3.63) is 0 Å². The summed E-state index contributed by atoms with van der Waals surface area (Å²) in [5, 5.41) is 0. The molecule has 0 bridgehead atoms. The van der Waals surface area contributed by atoms with Gasteiger partial charge in [-0.15, -0.1) is 0 Å². The van der Waals surface area contributed by atoms with Crippen molar-refractivity contribution >= 4 is 6.21 Å². The summed E-state index contributed by atoms with van der Waals surface area (Å²) < 4.78 is 0. The molecule has 1 fully saturated rings. The van der Waals surface area contributed by atoms with Gasteiger partial charge < -0.3 is 0 Å². The van der Waals surface area contributed by atoms with Crippen LogP contribution in [0.1, 0.15) is 39.0 Å². The Kier molecular flexibility index (Phi) is 2.75. The Bertz CT molecular complexity index is 90.7. The Labute approximate surface area is 57.2 Å². The van der Waals surface area contributed by atoms with Gasteiger partial charge in [-0.3, -0.25) is 4.99 Å². The third kappa shape index (κ3) is 2.17. The van der Waals surface area contributed by atoms with Gasteiger partial charge in [0.1, 0.15) is 0 Å². The second kappa shape index (κ2) is 3.65. The van der Waals surface area contributed by atoms with Crippen LogP contribution in [0.3, 0.4) is 0 Å². The van der Waals surface area contributed by atoms with Crippen molar-refractivity contribution in [3.63, 3.8) is 0 Å². The predicted molar refractivity (Wildman–Crippen MR) is 41.0 cm³/mol. The average Bonchev–Trinajstić information content (AvgIpc) is 1.91. The summed E-state index contributed by atoms with van der Waals surface area (Å²) >= 11 is 0. The molecule has 0 aromatic rings. The summed E-state index contributed by atoms with van der Waals surface area (Å²) in [6.45, 7) is 2.01. The lowest BCUT2D eigenvalue weighted by atomic mass is 9.96. The fourth-order valence-corrected chi connectivity index (χ4v) is 1.44. The van der Waals surface area contributed by atoms with Gasteiger partial charge in [-0.05, 0) is 26.0 Å². The molecule has 0 radical (unpaired) electrons. The van der Waals surface area contributed by atoms with Gasteiger partial charge in [0.15, 0.2) is 0 Å². The maximum absolute atomic E-state index is 4.36. The second-order valence-electron chi connectivity index (χ2n) is 2.70. The van der Waals surface area contributed by atoms with Crippen molar-refractivity contribution in [1.29, 1.82) is 0 Å². The van der Waals surface area contributed by atoms with Crippen LogP contribution < -0.4 is 0 Å². The molecule has 1 saturated carbocycles. The fraction of sp³-hybridized carbons (Fsp3) is 0.875. The lowest BCUT2D eigenvalue weighted by molar-refractivity contribution is 0.444. The van der Waals surface area contributed by atoms with Crippen LogP contribution in [0.5, 0.6) is 0 Å². The fourth-order valence-electron chi connectivity index (χ4n) is 1.44. The Morgan fingerprint density at radius 2 is 1.89 bits per heavy atom. The molecule has 52 valence electrons. The van der Waals surface area contributed by atoms with E-state index in [9.17, 15) is 0 Å². The van der Waals surface area contributed by atoms with Crippen molar-refractivity contribution in [2.45, 2.75) is 45.1 Å². The van der Waals surface area contributed by atoms with Gasteiger partial charge in [0.05, 0.1) is 0 Å². The van der Waals surface area contributed by atoms with Crippen molar-refractivity contribution in [2.75, 3.05) is 0 Å². The number of nitrogens with zero attached hydrogens (tertiary/aromatic N) is 1. The summed E-state index contributed by atoms with van der Waals surface area (Å²) in [6, 6.07) is 0.670. The van der Waals surface area contributed by atoms with E-state index in [2.05, 4.69) is 4.99 Å². The normalized spacial score (nSPS) is 23.2. The zero-order chi connectivity index (χ0) is 6.53. The molecule has 1 aliphatic rings. The summed E-state index contributed by atoms with van der Waals surface area (Å²) in [4.78, 5) is 4.36. The van der Waals surface area contributed by atoms with Crippen LogP contribution in [0.4, 0.5) is 0 Å². The molecule has 0 spiro atoms. The second-order valence-corrected chi connectivity index (χ2v) is 2.70. The first-order valence-electron chi connectivity index (χ1n) is 3.91. The van der Waals surface area contributed by atoms with Crippen LogP contribution in [0, 0.1) is 0 Å². The Hall–Kier alpha value is -0.330. The van der Waals surface area contributed by atoms with E-state index < -0.39 is 0 Å². The van der Waals surface area contributed by atoms with Gasteiger partial charge in [0.2, 0.25) is 0 Å². The molecule has 0 saturated heterocycles. The molecule has 0 amide bonds. The van der Waals surface area contributed by atoms with Crippen LogP contribution >= 0.6 is 0 Å². The lowest BCUT2D eigenvalue weighted by Crippen LogP contribution is -2.08. The first-order chi connectivity index (χ1) is 4.43. The van der Waals surface area contributed by atoms with Crippen molar-refractivity contribution < 1.29 is 0 Å². The largest absolute Gasteiger partial charge is 0.295 e. The highest BCUT2D eigenvalue weighted by Crippen LogP contribution is 2.19. The molecule has 1 rings (SSSR count). The van der Waals surface area contributed by atoms with Gasteiger partial charge >= 0.3 is 0 Å². The van der Waals surface area contributed by atoms with Gasteiger partial charge in [0.25, 0.3) is 0 Å². The highest BCUT2D eigenvalue weighted by Gasteiger charge is 2.09. The van der Waals surface area contributed by atoms with Crippen LogP contribution in [-0.4, -0.2) is 12.3 Å². The highest BCUT2D eigenvalue weighted by atomic mass is 14.8. The van der Waals surface area contributed by atoms with E-state index >= 15 is 0 Å². The first-order valence-corrected chi connectivity index (χ1v) is 3.91. The average molecular weight is 125 g/mol. The molecule has 0 N–H and O–H groups in total. The molecule has 0 aliphatic heterocycles. The van der Waals surface area contributed by atoms with Crippen LogP contribution in [0.25, 0.3) is 0 Å². The molecule has 0 atom stereocenters. The van der Waals surface area contributed by atoms with E-state index in [1.807, 2.05) is 13.1 Å². The summed E-state index contributed by atoms with van der Waals surface area (Å²) in [7, 11) is 0. The quantitative estimate of drug-likeness (QED) is 0.477. The van der Waals surface area contributed by atoms with E-state index in [1.54, 1.807) is 0 Å². The van der Waals surface area contributed by atoms with Crippen LogP contribution in [0.2, 0.25) is 0 Å². The lowest BCUT2D eigenvalue weighted by Gasteiger charge is -2.16. The zero-order valence-corrected chi connectivity index (χ0v) is 6.14. The number of rotatable bonds is 1. The number of aliphatic imine (C=N–C) groups is 1. The third-order valence-electron chi connectivity index (χ3n) is 1.93. The number of hydrogen-bond donors (Lipinski definition) is 0. The van der Waals surface area contributed by atoms with Gasteiger partial charge in [-0.1, -0.05) is 19.3 Å². The topological polar surface area (TPSA) is 12.4 Å². The van der Waals surface area contributed by atoms with E-state index in [-0.39, 0.29) is 0 Å². The van der Waals surface area contributed by atoms with Crippen molar-refractivity contribution in [1.82, 2.24) is 0 Å². The minimum Gasteiger partial charge on any atom is -0.295 e. The van der Waals surface area contributed by atoms with Gasteiger partial charge in [-0.2, -0.15) is 0 Å². The monoisotopic (exact) mass is 125 g/mol. The van der Waals surface area contributed by atoms with E-state index in [0.29, 0.717) is 6.04 Å². The maximum Gasteiger partial charge on any atom is 0.0495 e. The smallest absolute Gasteiger partial charge is 0.0495 e. The third-order valence-corrected chi connectivity index (χ3v) is 1.93. The summed E-state index contributed by atoms with van der Waals surface area (Å²) in [5.74, 6) is 0. The van der Waals surface area contributed by atoms with E-state index in [0.717, 1.165) is 0 Å². The summed E-state index contributed by atoms with van der Waals surface area (Å²) in [5.41, 5.74) is 0. The SMILES string of the molecule is CC=NC1CCCCC1. The Morgan fingerprint density at radius 3 is 2.44 bits per heavy atom. The zero-order valence-electron chi connectivity index (χ0n) is 6.14. The Morgan fingerprint density at radius 1 is 1.22 bits per heavy atom. The molecule has 1 heteroatoms.